The minimum atomic E-state index is -3.86. The SMILES string of the molecule is COC(=O)CS(=O)(=O)Nc1cc(N)ccc1OC. The zero-order chi connectivity index (χ0) is 13.8. The van der Waals surface area contributed by atoms with E-state index in [2.05, 4.69) is 9.46 Å². The summed E-state index contributed by atoms with van der Waals surface area (Å²) in [6.07, 6.45) is 0. The topological polar surface area (TPSA) is 108 Å². The first-order valence-electron chi connectivity index (χ1n) is 4.89. The molecular weight excluding hydrogens is 260 g/mol. The first-order valence-corrected chi connectivity index (χ1v) is 6.54. The molecule has 0 saturated carbocycles. The third kappa shape index (κ3) is 3.81. The second-order valence-corrected chi connectivity index (χ2v) is 5.12. The van der Waals surface area contributed by atoms with Crippen molar-refractivity contribution in [3.63, 3.8) is 0 Å². The molecule has 0 heterocycles. The number of nitrogens with two attached hydrogens (primary N) is 1. The Morgan fingerprint density at radius 2 is 2.06 bits per heavy atom. The van der Waals surface area contributed by atoms with Gasteiger partial charge in [-0.05, 0) is 18.2 Å². The molecule has 100 valence electrons. The maximum Gasteiger partial charge on any atom is 0.322 e. The van der Waals surface area contributed by atoms with Crippen molar-refractivity contribution < 1.29 is 22.7 Å². The van der Waals surface area contributed by atoms with Gasteiger partial charge in [-0.15, -0.1) is 0 Å². The number of benzene rings is 1. The van der Waals surface area contributed by atoms with Crippen LogP contribution in [0.3, 0.4) is 0 Å². The second kappa shape index (κ2) is 5.58. The molecule has 0 atom stereocenters. The minimum absolute atomic E-state index is 0.168. The standard InChI is InChI=1S/C10H14N2O5S/c1-16-9-4-3-7(11)5-8(9)12-18(14,15)6-10(13)17-2/h3-5,12H,6,11H2,1-2H3. The van der Waals surface area contributed by atoms with Crippen molar-refractivity contribution in [2.75, 3.05) is 30.4 Å². The summed E-state index contributed by atoms with van der Waals surface area (Å²) < 4.78 is 34.8. The molecule has 0 aliphatic heterocycles. The van der Waals surface area contributed by atoms with Crippen LogP contribution in [0.2, 0.25) is 0 Å². The van der Waals surface area contributed by atoms with Gasteiger partial charge < -0.3 is 15.2 Å². The van der Waals surface area contributed by atoms with Crippen molar-refractivity contribution in [3.05, 3.63) is 18.2 Å². The summed E-state index contributed by atoms with van der Waals surface area (Å²) in [5, 5.41) is 0. The largest absolute Gasteiger partial charge is 0.495 e. The first-order chi connectivity index (χ1) is 8.38. The molecular formula is C10H14N2O5S. The monoisotopic (exact) mass is 274 g/mol. The molecule has 7 nitrogen and oxygen atoms in total. The van der Waals surface area contributed by atoms with Crippen molar-refractivity contribution in [1.29, 1.82) is 0 Å². The van der Waals surface area contributed by atoms with Crippen LogP contribution in [0.15, 0.2) is 18.2 Å². The van der Waals surface area contributed by atoms with Crippen LogP contribution in [0.4, 0.5) is 11.4 Å². The van der Waals surface area contributed by atoms with Crippen LogP contribution < -0.4 is 15.2 Å². The molecule has 0 aliphatic rings. The molecule has 0 unspecified atom stereocenters. The van der Waals surface area contributed by atoms with Gasteiger partial charge in [0.05, 0.1) is 19.9 Å². The summed E-state index contributed by atoms with van der Waals surface area (Å²) in [6, 6.07) is 4.48. The van der Waals surface area contributed by atoms with E-state index in [4.69, 9.17) is 10.5 Å². The maximum atomic E-state index is 11.6. The van der Waals surface area contributed by atoms with E-state index in [0.29, 0.717) is 11.4 Å². The van der Waals surface area contributed by atoms with Crippen molar-refractivity contribution in [3.8, 4) is 5.75 Å². The number of ether oxygens (including phenoxy) is 2. The molecule has 1 rings (SSSR count). The third-order valence-electron chi connectivity index (χ3n) is 2.02. The predicted octanol–water partition coefficient (Wildman–Crippen LogP) is 0.192. The summed E-state index contributed by atoms with van der Waals surface area (Å²) in [5.74, 6) is -1.33. The first kappa shape index (κ1) is 14.1. The molecule has 0 spiro atoms. The molecule has 0 saturated heterocycles. The molecule has 0 fully saturated rings. The quantitative estimate of drug-likeness (QED) is 0.586. The van der Waals surface area contributed by atoms with Gasteiger partial charge in [0, 0.05) is 5.69 Å². The average Bonchev–Trinajstić information content (AvgIpc) is 2.28. The van der Waals surface area contributed by atoms with Gasteiger partial charge in [0.2, 0.25) is 10.0 Å². The lowest BCUT2D eigenvalue weighted by Gasteiger charge is -2.11. The van der Waals surface area contributed by atoms with Crippen LogP contribution >= 0.6 is 0 Å². The highest BCUT2D eigenvalue weighted by molar-refractivity contribution is 7.93. The molecule has 0 aliphatic carbocycles. The van der Waals surface area contributed by atoms with E-state index < -0.39 is 21.7 Å². The van der Waals surface area contributed by atoms with Crippen molar-refractivity contribution in [2.45, 2.75) is 0 Å². The Bertz CT molecular complexity index is 541. The molecule has 8 heteroatoms. The van der Waals surface area contributed by atoms with Gasteiger partial charge >= 0.3 is 5.97 Å². The number of carbonyl (C=O) groups excluding carboxylic acids is 1. The van der Waals surface area contributed by atoms with Crippen molar-refractivity contribution >= 4 is 27.4 Å². The molecule has 0 amide bonds. The van der Waals surface area contributed by atoms with Crippen LogP contribution in [0, 0.1) is 0 Å². The fraction of sp³-hybridized carbons (Fsp3) is 0.300. The Balaban J connectivity index is 2.96. The number of esters is 1. The van der Waals surface area contributed by atoms with Gasteiger partial charge in [-0.2, -0.15) is 0 Å². The highest BCUT2D eigenvalue weighted by Gasteiger charge is 2.18. The van der Waals surface area contributed by atoms with Crippen LogP contribution in [-0.4, -0.2) is 34.4 Å². The van der Waals surface area contributed by atoms with E-state index in [1.165, 1.54) is 19.2 Å². The van der Waals surface area contributed by atoms with Gasteiger partial charge in [-0.3, -0.25) is 9.52 Å². The Morgan fingerprint density at radius 3 is 2.61 bits per heavy atom. The number of anilines is 2. The van der Waals surface area contributed by atoms with E-state index >= 15 is 0 Å². The summed E-state index contributed by atoms with van der Waals surface area (Å²) in [5.41, 5.74) is 6.08. The van der Waals surface area contributed by atoms with Gasteiger partial charge in [0.15, 0.2) is 5.75 Å². The maximum absolute atomic E-state index is 11.6. The molecule has 0 bridgehead atoms. The lowest BCUT2D eigenvalue weighted by molar-refractivity contribution is -0.137. The molecule has 1 aromatic carbocycles. The Labute approximate surface area is 105 Å². The second-order valence-electron chi connectivity index (χ2n) is 3.40. The zero-order valence-corrected chi connectivity index (χ0v) is 10.8. The fourth-order valence-corrected chi connectivity index (χ4v) is 2.22. The molecule has 3 N–H and O–H groups in total. The Kier molecular flexibility index (Phi) is 4.38. The summed E-state index contributed by atoms with van der Waals surface area (Å²) >= 11 is 0. The van der Waals surface area contributed by atoms with Crippen molar-refractivity contribution in [2.24, 2.45) is 0 Å². The van der Waals surface area contributed by atoms with Crippen LogP contribution in [0.1, 0.15) is 0 Å². The Morgan fingerprint density at radius 1 is 1.39 bits per heavy atom. The summed E-state index contributed by atoms with van der Waals surface area (Å²) in [7, 11) is -1.35. The number of nitrogens with one attached hydrogen (secondary N) is 1. The smallest absolute Gasteiger partial charge is 0.322 e. The van der Waals surface area contributed by atoms with Crippen LogP contribution in [0.25, 0.3) is 0 Å². The van der Waals surface area contributed by atoms with E-state index in [0.717, 1.165) is 7.11 Å². The third-order valence-corrected chi connectivity index (χ3v) is 3.17. The summed E-state index contributed by atoms with van der Waals surface area (Å²) in [4.78, 5) is 10.9. The summed E-state index contributed by atoms with van der Waals surface area (Å²) in [6.45, 7) is 0. The number of rotatable bonds is 5. The number of sulfonamides is 1. The van der Waals surface area contributed by atoms with E-state index in [1.54, 1.807) is 6.07 Å². The van der Waals surface area contributed by atoms with E-state index in [-0.39, 0.29) is 5.69 Å². The number of nitrogen functional groups attached to an aromatic ring is 1. The van der Waals surface area contributed by atoms with Crippen LogP contribution in [-0.2, 0) is 19.6 Å². The van der Waals surface area contributed by atoms with Crippen LogP contribution in [0.5, 0.6) is 5.75 Å². The molecule has 18 heavy (non-hydrogen) atoms. The minimum Gasteiger partial charge on any atom is -0.495 e. The predicted molar refractivity (Wildman–Crippen MR) is 66.8 cm³/mol. The molecule has 0 aromatic heterocycles. The Hall–Kier alpha value is -1.96. The molecule has 1 aromatic rings. The lowest BCUT2D eigenvalue weighted by atomic mass is 10.2. The zero-order valence-electron chi connectivity index (χ0n) is 9.97. The number of carbonyl (C=O) groups is 1. The lowest BCUT2D eigenvalue weighted by Crippen LogP contribution is -2.23. The van der Waals surface area contributed by atoms with E-state index in [9.17, 15) is 13.2 Å². The highest BCUT2D eigenvalue weighted by atomic mass is 32.2. The molecule has 0 radical (unpaired) electrons. The van der Waals surface area contributed by atoms with Gasteiger partial charge in [0.25, 0.3) is 0 Å². The average molecular weight is 274 g/mol. The van der Waals surface area contributed by atoms with E-state index in [1.807, 2.05) is 0 Å². The normalized spacial score (nSPS) is 10.8. The fourth-order valence-electron chi connectivity index (χ4n) is 1.22. The number of methoxy groups -OCH3 is 2. The van der Waals surface area contributed by atoms with Gasteiger partial charge in [0.1, 0.15) is 5.75 Å². The van der Waals surface area contributed by atoms with Crippen molar-refractivity contribution in [1.82, 2.24) is 0 Å². The van der Waals surface area contributed by atoms with Gasteiger partial charge in [-0.25, -0.2) is 8.42 Å². The number of hydrogen-bond acceptors (Lipinski definition) is 6. The highest BCUT2D eigenvalue weighted by Crippen LogP contribution is 2.27. The number of hydrogen-bond donors (Lipinski definition) is 2. The van der Waals surface area contributed by atoms with Gasteiger partial charge in [-0.1, -0.05) is 0 Å².